The van der Waals surface area contributed by atoms with E-state index in [1.807, 2.05) is 23.7 Å². The number of likely N-dealkylation sites (tertiary alicyclic amines) is 2. The van der Waals surface area contributed by atoms with E-state index in [4.69, 9.17) is 4.74 Å². The molecule has 2 amide bonds. The Morgan fingerprint density at radius 1 is 1.04 bits per heavy atom. The van der Waals surface area contributed by atoms with E-state index < -0.39 is 16.7 Å². The second-order valence-corrected chi connectivity index (χ2v) is 11.7. The van der Waals surface area contributed by atoms with Gasteiger partial charge in [0.05, 0.1) is 29.5 Å². The average molecular weight is 615 g/mol. The van der Waals surface area contributed by atoms with Crippen LogP contribution in [0.2, 0.25) is 0 Å². The molecule has 0 aliphatic carbocycles. The van der Waals surface area contributed by atoms with Crippen LogP contribution in [0.4, 0.5) is 4.39 Å². The average Bonchev–Trinajstić information content (AvgIpc) is 3.79. The van der Waals surface area contributed by atoms with Crippen LogP contribution < -0.4 is 10.2 Å². The smallest absolute Gasteiger partial charge is 0.257 e. The second-order valence-electron chi connectivity index (χ2n) is 11.7. The van der Waals surface area contributed by atoms with Crippen LogP contribution in [0, 0.1) is 5.82 Å². The van der Waals surface area contributed by atoms with Crippen molar-refractivity contribution in [3.63, 3.8) is 0 Å². The molecule has 2 aliphatic rings. The highest BCUT2D eigenvalue weighted by atomic mass is 19.1. The van der Waals surface area contributed by atoms with Crippen LogP contribution in [0.5, 0.6) is 5.75 Å². The zero-order chi connectivity index (χ0) is 31.4. The number of methoxy groups -OCH3 is 1. The minimum absolute atomic E-state index is 0.187. The van der Waals surface area contributed by atoms with Gasteiger partial charge in [-0.15, -0.1) is 5.10 Å². The number of tetrazole rings is 1. The molecule has 45 heavy (non-hydrogen) atoms. The van der Waals surface area contributed by atoms with Gasteiger partial charge in [-0.25, -0.2) is 14.6 Å². The summed E-state index contributed by atoms with van der Waals surface area (Å²) in [6.07, 6.45) is 5.44. The molecule has 4 heterocycles. The molecule has 2 saturated heterocycles. The van der Waals surface area contributed by atoms with Crippen LogP contribution in [0.25, 0.3) is 5.69 Å². The monoisotopic (exact) mass is 614 g/mol. The minimum atomic E-state index is -0.917. The first-order valence-corrected chi connectivity index (χ1v) is 14.9. The molecule has 4 aromatic rings. The Morgan fingerprint density at radius 2 is 1.89 bits per heavy atom. The molecule has 234 valence electrons. The predicted octanol–water partition coefficient (Wildman–Crippen LogP) is 2.92. The Bertz CT molecular complexity index is 1650. The number of hydrogen-bond donors (Lipinski definition) is 2. The Kier molecular flexibility index (Phi) is 8.55. The SMILES string of the molecule is COc1ccc(-n2cnnn2)cc1C(=O)N1CCC(CCN2CCC(C(=O)NO)(c3ccccn3)CC2)(c2cccc(F)c2)C1. The fourth-order valence-electron chi connectivity index (χ4n) is 6.79. The summed E-state index contributed by atoms with van der Waals surface area (Å²) in [4.78, 5) is 35.4. The van der Waals surface area contributed by atoms with Crippen molar-refractivity contribution in [2.24, 2.45) is 0 Å². The molecule has 2 aliphatic heterocycles. The third kappa shape index (κ3) is 5.88. The van der Waals surface area contributed by atoms with E-state index in [-0.39, 0.29) is 11.7 Å². The summed E-state index contributed by atoms with van der Waals surface area (Å²) >= 11 is 0. The quantitative estimate of drug-likeness (QED) is 0.215. The molecular formula is C32H35FN8O4. The van der Waals surface area contributed by atoms with E-state index in [0.717, 1.165) is 5.56 Å². The number of aromatic nitrogens is 5. The van der Waals surface area contributed by atoms with Crippen molar-refractivity contribution in [1.29, 1.82) is 0 Å². The Morgan fingerprint density at radius 3 is 2.58 bits per heavy atom. The molecular weight excluding hydrogens is 579 g/mol. The molecule has 0 spiro atoms. The number of nitrogens with zero attached hydrogens (tertiary/aromatic N) is 7. The number of rotatable bonds is 9. The highest BCUT2D eigenvalue weighted by Crippen LogP contribution is 2.41. The van der Waals surface area contributed by atoms with Gasteiger partial charge >= 0.3 is 0 Å². The zero-order valence-electron chi connectivity index (χ0n) is 25.0. The minimum Gasteiger partial charge on any atom is -0.496 e. The van der Waals surface area contributed by atoms with Crippen LogP contribution in [0.1, 0.15) is 47.3 Å². The first kappa shape index (κ1) is 30.3. The summed E-state index contributed by atoms with van der Waals surface area (Å²) in [6, 6.07) is 17.3. The van der Waals surface area contributed by atoms with Gasteiger partial charge in [0.1, 0.15) is 17.9 Å². The van der Waals surface area contributed by atoms with Crippen molar-refractivity contribution in [2.75, 3.05) is 39.8 Å². The maximum absolute atomic E-state index is 14.5. The molecule has 1 atom stereocenters. The first-order valence-electron chi connectivity index (χ1n) is 14.9. The number of piperidine rings is 1. The van der Waals surface area contributed by atoms with Gasteiger partial charge in [-0.3, -0.25) is 19.8 Å². The Labute approximate surface area is 259 Å². The van der Waals surface area contributed by atoms with Crippen molar-refractivity contribution >= 4 is 11.8 Å². The van der Waals surface area contributed by atoms with Crippen LogP contribution in [-0.4, -0.2) is 91.8 Å². The molecule has 2 aromatic heterocycles. The van der Waals surface area contributed by atoms with Crippen LogP contribution in [0.15, 0.2) is 73.2 Å². The van der Waals surface area contributed by atoms with E-state index in [0.29, 0.717) is 81.1 Å². The number of pyridine rings is 1. The van der Waals surface area contributed by atoms with Crippen LogP contribution >= 0.6 is 0 Å². The lowest BCUT2D eigenvalue weighted by Crippen LogP contribution is -2.52. The standard InChI is InChI=1S/C32H35FN8O4/c1-45-27-9-8-25(41-22-35-37-38-41)20-26(27)29(42)40-18-11-31(21-40,23-5-4-6-24(33)19-23)10-15-39-16-12-32(13-17-39,30(43)36-44)28-7-2-3-14-34-28/h2-9,14,19-20,22,44H,10-13,15-18,21H2,1H3,(H,36,43). The van der Waals surface area contributed by atoms with Crippen molar-refractivity contribution < 1.29 is 23.9 Å². The molecule has 0 bridgehead atoms. The van der Waals surface area contributed by atoms with Gasteiger partial charge in [0.25, 0.3) is 11.8 Å². The molecule has 13 heteroatoms. The number of benzene rings is 2. The third-order valence-electron chi connectivity index (χ3n) is 9.41. The first-order chi connectivity index (χ1) is 21.9. The largest absolute Gasteiger partial charge is 0.496 e. The Balaban J connectivity index is 1.21. The summed E-state index contributed by atoms with van der Waals surface area (Å²) in [7, 11) is 1.52. The van der Waals surface area contributed by atoms with Gasteiger partial charge in [-0.1, -0.05) is 18.2 Å². The lowest BCUT2D eigenvalue weighted by Gasteiger charge is -2.41. The summed E-state index contributed by atoms with van der Waals surface area (Å²) in [6.45, 7) is 2.83. The van der Waals surface area contributed by atoms with Gasteiger partial charge in [0.15, 0.2) is 0 Å². The molecule has 0 radical (unpaired) electrons. The molecule has 0 saturated carbocycles. The number of hydroxylamine groups is 1. The summed E-state index contributed by atoms with van der Waals surface area (Å²) in [5.41, 5.74) is 2.97. The number of hydrogen-bond acceptors (Lipinski definition) is 9. The fourth-order valence-corrected chi connectivity index (χ4v) is 6.79. The fraction of sp³-hybridized carbons (Fsp3) is 0.375. The third-order valence-corrected chi connectivity index (χ3v) is 9.41. The van der Waals surface area contributed by atoms with E-state index in [1.54, 1.807) is 47.5 Å². The number of carbonyl (C=O) groups is 2. The summed E-state index contributed by atoms with van der Waals surface area (Å²) in [5, 5.41) is 20.8. The van der Waals surface area contributed by atoms with Crippen molar-refractivity contribution in [3.05, 3.63) is 95.8 Å². The van der Waals surface area contributed by atoms with E-state index in [9.17, 15) is 19.2 Å². The zero-order valence-corrected chi connectivity index (χ0v) is 25.0. The van der Waals surface area contributed by atoms with Gasteiger partial charge < -0.3 is 14.5 Å². The van der Waals surface area contributed by atoms with Gasteiger partial charge in [-0.05, 0) is 104 Å². The number of amides is 2. The number of nitrogens with one attached hydrogen (secondary N) is 1. The van der Waals surface area contributed by atoms with E-state index in [2.05, 4.69) is 25.4 Å². The Hall–Kier alpha value is -4.75. The maximum atomic E-state index is 14.5. The highest BCUT2D eigenvalue weighted by molar-refractivity contribution is 5.98. The van der Waals surface area contributed by atoms with Crippen LogP contribution in [-0.2, 0) is 15.6 Å². The molecule has 2 N–H and O–H groups in total. The van der Waals surface area contributed by atoms with E-state index in [1.165, 1.54) is 24.2 Å². The van der Waals surface area contributed by atoms with Gasteiger partial charge in [0.2, 0.25) is 0 Å². The molecule has 2 aromatic carbocycles. The van der Waals surface area contributed by atoms with Gasteiger partial charge in [-0.2, -0.15) is 0 Å². The normalized spacial score (nSPS) is 19.8. The lowest BCUT2D eigenvalue weighted by molar-refractivity contribution is -0.137. The molecule has 6 rings (SSSR count). The summed E-state index contributed by atoms with van der Waals surface area (Å²) < 4.78 is 21.6. The van der Waals surface area contributed by atoms with Crippen molar-refractivity contribution in [2.45, 2.75) is 36.5 Å². The second kappa shape index (κ2) is 12.7. The van der Waals surface area contributed by atoms with Crippen LogP contribution in [0.3, 0.4) is 0 Å². The van der Waals surface area contributed by atoms with Crippen molar-refractivity contribution in [1.82, 2.24) is 40.5 Å². The maximum Gasteiger partial charge on any atom is 0.257 e. The van der Waals surface area contributed by atoms with E-state index >= 15 is 0 Å². The molecule has 1 unspecified atom stereocenters. The summed E-state index contributed by atoms with van der Waals surface area (Å²) in [5.74, 6) is -0.521. The number of carbonyl (C=O) groups excluding carboxylic acids is 2. The predicted molar refractivity (Wildman–Crippen MR) is 160 cm³/mol. The number of ether oxygens (including phenoxy) is 1. The molecule has 12 nitrogen and oxygen atoms in total. The molecule has 2 fully saturated rings. The highest BCUT2D eigenvalue weighted by Gasteiger charge is 2.46. The topological polar surface area (TPSA) is 139 Å². The number of halogens is 1. The van der Waals surface area contributed by atoms with Crippen molar-refractivity contribution in [3.8, 4) is 11.4 Å². The van der Waals surface area contributed by atoms with Gasteiger partial charge in [0, 0.05) is 24.7 Å². The lowest BCUT2D eigenvalue weighted by atomic mass is 9.73.